The predicted molar refractivity (Wildman–Crippen MR) is 79.8 cm³/mol. The predicted octanol–water partition coefficient (Wildman–Crippen LogP) is 2.47. The number of rotatable bonds is 6. The Morgan fingerprint density at radius 3 is 2.20 bits per heavy atom. The minimum Gasteiger partial charge on any atom is -0.480 e. The number of carbonyl (C=O) groups is 1. The number of aliphatic carboxylic acids is 1. The van der Waals surface area contributed by atoms with Crippen molar-refractivity contribution in [3.8, 4) is 0 Å². The molecule has 2 unspecified atom stereocenters. The molecule has 4 heteroatoms. The zero-order chi connectivity index (χ0) is 15.3. The molecule has 4 nitrogen and oxygen atoms in total. The summed E-state index contributed by atoms with van der Waals surface area (Å²) in [5.74, 6) is -0.918. The second kappa shape index (κ2) is 6.86. The maximum absolute atomic E-state index is 10.6. The van der Waals surface area contributed by atoms with Crippen LogP contribution in [0.4, 0.5) is 0 Å². The van der Waals surface area contributed by atoms with Gasteiger partial charge in [0.2, 0.25) is 0 Å². The average Bonchev–Trinajstić information content (AvgIpc) is 2.38. The van der Waals surface area contributed by atoms with Gasteiger partial charge < -0.3 is 15.5 Å². The van der Waals surface area contributed by atoms with Crippen LogP contribution < -0.4 is 5.32 Å². The van der Waals surface area contributed by atoms with Gasteiger partial charge in [-0.2, -0.15) is 0 Å². The number of nitrogens with one attached hydrogen (secondary N) is 1. The number of benzene rings is 1. The molecule has 0 aliphatic rings. The molecule has 1 rings (SSSR count). The zero-order valence-corrected chi connectivity index (χ0v) is 12.7. The highest BCUT2D eigenvalue weighted by Crippen LogP contribution is 2.25. The first-order chi connectivity index (χ1) is 9.25. The molecule has 112 valence electrons. The van der Waals surface area contributed by atoms with Gasteiger partial charge in [-0.05, 0) is 23.0 Å². The molecule has 3 N–H and O–H groups in total. The van der Waals surface area contributed by atoms with Crippen molar-refractivity contribution >= 4 is 5.97 Å². The van der Waals surface area contributed by atoms with Gasteiger partial charge in [-0.25, -0.2) is 0 Å². The third-order valence-corrected chi connectivity index (χ3v) is 3.45. The molecule has 1 aromatic rings. The van der Waals surface area contributed by atoms with E-state index in [1.807, 2.05) is 31.2 Å². The summed E-state index contributed by atoms with van der Waals surface area (Å²) in [5, 5.41) is 21.9. The molecule has 0 aromatic heterocycles. The van der Waals surface area contributed by atoms with Gasteiger partial charge in [0.15, 0.2) is 0 Å². The average molecular weight is 279 g/mol. The normalized spacial score (nSPS) is 14.8. The van der Waals surface area contributed by atoms with Crippen LogP contribution in [0.1, 0.15) is 51.3 Å². The molecule has 1 aromatic carbocycles. The highest BCUT2D eigenvalue weighted by molar-refractivity contribution is 5.69. The van der Waals surface area contributed by atoms with Crippen LogP contribution in [-0.2, 0) is 10.2 Å². The highest BCUT2D eigenvalue weighted by atomic mass is 16.4. The first-order valence-corrected chi connectivity index (χ1v) is 6.99. The third kappa shape index (κ3) is 4.62. The summed E-state index contributed by atoms with van der Waals surface area (Å²) < 4.78 is 0. The molecule has 0 amide bonds. The Labute approximate surface area is 120 Å². The maximum atomic E-state index is 10.6. The second-order valence-corrected chi connectivity index (χ2v) is 6.11. The van der Waals surface area contributed by atoms with Crippen molar-refractivity contribution in [3.05, 3.63) is 35.4 Å². The lowest BCUT2D eigenvalue weighted by Crippen LogP contribution is -2.37. The zero-order valence-electron chi connectivity index (χ0n) is 12.7. The fourth-order valence-corrected chi connectivity index (χ4v) is 2.11. The molecular weight excluding hydrogens is 254 g/mol. The van der Waals surface area contributed by atoms with Crippen LogP contribution in [0.2, 0.25) is 0 Å². The number of aliphatic hydroxyl groups excluding tert-OH is 1. The van der Waals surface area contributed by atoms with E-state index < -0.39 is 12.1 Å². The van der Waals surface area contributed by atoms with Gasteiger partial charge in [-0.15, -0.1) is 0 Å². The van der Waals surface area contributed by atoms with E-state index in [1.54, 1.807) is 0 Å². The Kier molecular flexibility index (Phi) is 5.72. The van der Waals surface area contributed by atoms with Crippen LogP contribution >= 0.6 is 0 Å². The molecule has 0 saturated carbocycles. The van der Waals surface area contributed by atoms with E-state index in [0.717, 1.165) is 5.56 Å². The molecule has 0 bridgehead atoms. The first-order valence-electron chi connectivity index (χ1n) is 6.99. The van der Waals surface area contributed by atoms with E-state index in [-0.39, 0.29) is 18.0 Å². The SMILES string of the molecule is CCC(NCC(=O)O)C(O)c1ccc(C(C)(C)C)cc1. The van der Waals surface area contributed by atoms with Crippen LogP contribution in [0.15, 0.2) is 24.3 Å². The van der Waals surface area contributed by atoms with Crippen LogP contribution in [0.3, 0.4) is 0 Å². The van der Waals surface area contributed by atoms with Gasteiger partial charge in [0.25, 0.3) is 0 Å². The molecule has 0 aliphatic carbocycles. The minimum absolute atomic E-state index is 0.0786. The lowest BCUT2D eigenvalue weighted by molar-refractivity contribution is -0.136. The Morgan fingerprint density at radius 1 is 1.25 bits per heavy atom. The Bertz CT molecular complexity index is 434. The van der Waals surface area contributed by atoms with Gasteiger partial charge in [0.05, 0.1) is 12.6 Å². The van der Waals surface area contributed by atoms with Gasteiger partial charge in [-0.1, -0.05) is 52.0 Å². The van der Waals surface area contributed by atoms with Crippen molar-refractivity contribution in [2.24, 2.45) is 0 Å². The molecule has 2 atom stereocenters. The highest BCUT2D eigenvalue weighted by Gasteiger charge is 2.20. The fourth-order valence-electron chi connectivity index (χ4n) is 2.11. The minimum atomic E-state index is -0.918. The molecule has 0 radical (unpaired) electrons. The van der Waals surface area contributed by atoms with Crippen LogP contribution in [0.5, 0.6) is 0 Å². The summed E-state index contributed by atoms with van der Waals surface area (Å²) in [6.45, 7) is 8.20. The van der Waals surface area contributed by atoms with Crippen LogP contribution in [0, 0.1) is 0 Å². The number of carboxylic acid groups (broad SMARTS) is 1. The van der Waals surface area contributed by atoms with Gasteiger partial charge in [-0.3, -0.25) is 4.79 Å². The molecule has 0 aliphatic heterocycles. The molecular formula is C16H25NO3. The number of carboxylic acids is 1. The topological polar surface area (TPSA) is 69.6 Å². The second-order valence-electron chi connectivity index (χ2n) is 6.11. The lowest BCUT2D eigenvalue weighted by atomic mass is 9.86. The molecule has 0 spiro atoms. The van der Waals surface area contributed by atoms with Crippen LogP contribution in [0.25, 0.3) is 0 Å². The van der Waals surface area contributed by atoms with Gasteiger partial charge in [0.1, 0.15) is 0 Å². The van der Waals surface area contributed by atoms with Gasteiger partial charge >= 0.3 is 5.97 Å². The summed E-state index contributed by atoms with van der Waals surface area (Å²) in [6, 6.07) is 7.60. The summed E-state index contributed by atoms with van der Waals surface area (Å²) in [4.78, 5) is 10.6. The smallest absolute Gasteiger partial charge is 0.317 e. The van der Waals surface area contributed by atoms with Crippen LogP contribution in [-0.4, -0.2) is 28.8 Å². The van der Waals surface area contributed by atoms with Crippen molar-refractivity contribution in [1.82, 2.24) is 5.32 Å². The quantitative estimate of drug-likeness (QED) is 0.748. The lowest BCUT2D eigenvalue weighted by Gasteiger charge is -2.24. The number of hydrogen-bond acceptors (Lipinski definition) is 3. The van der Waals surface area contributed by atoms with E-state index in [9.17, 15) is 9.90 Å². The van der Waals surface area contributed by atoms with E-state index in [1.165, 1.54) is 5.56 Å². The fraction of sp³-hybridized carbons (Fsp3) is 0.562. The van der Waals surface area contributed by atoms with Crippen molar-refractivity contribution in [3.63, 3.8) is 0 Å². The van der Waals surface area contributed by atoms with Crippen molar-refractivity contribution in [2.45, 2.75) is 51.7 Å². The van der Waals surface area contributed by atoms with E-state index in [4.69, 9.17) is 5.11 Å². The third-order valence-electron chi connectivity index (χ3n) is 3.45. The van der Waals surface area contributed by atoms with E-state index >= 15 is 0 Å². The summed E-state index contributed by atoms with van der Waals surface area (Å²) in [6.07, 6.45) is -0.0384. The Balaban J connectivity index is 2.79. The Morgan fingerprint density at radius 2 is 1.80 bits per heavy atom. The molecule has 0 fully saturated rings. The van der Waals surface area contributed by atoms with E-state index in [0.29, 0.717) is 6.42 Å². The monoisotopic (exact) mass is 279 g/mol. The van der Waals surface area contributed by atoms with Crippen molar-refractivity contribution in [2.75, 3.05) is 6.54 Å². The molecule has 20 heavy (non-hydrogen) atoms. The molecule has 0 saturated heterocycles. The standard InChI is InChI=1S/C16H25NO3/c1-5-13(17-10-14(18)19)15(20)11-6-8-12(9-7-11)16(2,3)4/h6-9,13,15,17,20H,5,10H2,1-4H3,(H,18,19). The summed E-state index contributed by atoms with van der Waals surface area (Å²) in [7, 11) is 0. The number of hydrogen-bond donors (Lipinski definition) is 3. The van der Waals surface area contributed by atoms with Gasteiger partial charge in [0, 0.05) is 6.04 Å². The summed E-state index contributed by atoms with van der Waals surface area (Å²) >= 11 is 0. The number of aliphatic hydroxyl groups is 1. The van der Waals surface area contributed by atoms with Crippen molar-refractivity contribution in [1.29, 1.82) is 0 Å². The van der Waals surface area contributed by atoms with E-state index in [2.05, 4.69) is 26.1 Å². The largest absolute Gasteiger partial charge is 0.480 e. The Hall–Kier alpha value is -1.39. The molecule has 0 heterocycles. The van der Waals surface area contributed by atoms with Crippen molar-refractivity contribution < 1.29 is 15.0 Å². The maximum Gasteiger partial charge on any atom is 0.317 e. The summed E-state index contributed by atoms with van der Waals surface area (Å²) in [5.41, 5.74) is 2.09. The first kappa shape index (κ1) is 16.7.